The van der Waals surface area contributed by atoms with E-state index >= 15 is 0 Å². The number of sulfonamides is 1. The Balaban J connectivity index is 2.17. The third-order valence-corrected chi connectivity index (χ3v) is 4.94. The van der Waals surface area contributed by atoms with Gasteiger partial charge >= 0.3 is 0 Å². The number of nitrogens with zero attached hydrogens (tertiary/aromatic N) is 1. The van der Waals surface area contributed by atoms with Crippen molar-refractivity contribution in [2.45, 2.75) is 32.3 Å². The summed E-state index contributed by atoms with van der Waals surface area (Å²) in [4.78, 5) is 12.2. The van der Waals surface area contributed by atoms with Crippen LogP contribution in [0, 0.1) is 0 Å². The van der Waals surface area contributed by atoms with Crippen molar-refractivity contribution in [2.24, 2.45) is 0 Å². The fourth-order valence-electron chi connectivity index (χ4n) is 2.38. The maximum absolute atomic E-state index is 12.2. The summed E-state index contributed by atoms with van der Waals surface area (Å²) in [5, 5.41) is 3.20. The molecule has 1 aromatic rings. The second kappa shape index (κ2) is 7.40. The lowest BCUT2D eigenvalue weighted by atomic mass is 10.2. The fraction of sp³-hybridized carbons (Fsp3) is 0.533. The van der Waals surface area contributed by atoms with E-state index in [1.165, 1.54) is 6.07 Å². The first-order chi connectivity index (χ1) is 10.8. The van der Waals surface area contributed by atoms with Crippen LogP contribution in [-0.2, 0) is 14.8 Å². The van der Waals surface area contributed by atoms with Crippen LogP contribution in [0.25, 0.3) is 0 Å². The van der Waals surface area contributed by atoms with Gasteiger partial charge in [-0.1, -0.05) is 31.4 Å². The van der Waals surface area contributed by atoms with E-state index in [9.17, 15) is 13.2 Å². The minimum Gasteiger partial charge on any atom is -0.476 e. The minimum atomic E-state index is -3.54. The Labute approximate surface area is 141 Å². The summed E-state index contributed by atoms with van der Waals surface area (Å²) in [6, 6.07) is 4.70. The second-order valence-electron chi connectivity index (χ2n) is 5.51. The SMILES string of the molecule is CCCCCNC(=O)[C@H]1CN(S(C)(=O)=O)c2cc(Cl)ccc2O1. The van der Waals surface area contributed by atoms with Crippen LogP contribution in [0.15, 0.2) is 18.2 Å². The molecule has 128 valence electrons. The highest BCUT2D eigenvalue weighted by atomic mass is 35.5. The molecule has 1 aliphatic rings. The lowest BCUT2D eigenvalue weighted by molar-refractivity contribution is -0.127. The first-order valence-corrected chi connectivity index (χ1v) is 9.77. The van der Waals surface area contributed by atoms with Gasteiger partial charge in [0, 0.05) is 11.6 Å². The maximum Gasteiger partial charge on any atom is 0.263 e. The van der Waals surface area contributed by atoms with Crippen molar-refractivity contribution < 1.29 is 17.9 Å². The normalized spacial score (nSPS) is 17.3. The van der Waals surface area contributed by atoms with E-state index in [1.807, 2.05) is 0 Å². The zero-order valence-electron chi connectivity index (χ0n) is 13.2. The molecule has 1 amide bonds. The van der Waals surface area contributed by atoms with Crippen LogP contribution in [0.3, 0.4) is 0 Å². The number of fused-ring (bicyclic) bond motifs is 1. The van der Waals surface area contributed by atoms with Crippen molar-refractivity contribution in [1.82, 2.24) is 5.32 Å². The van der Waals surface area contributed by atoms with Gasteiger partial charge in [0.1, 0.15) is 5.75 Å². The monoisotopic (exact) mass is 360 g/mol. The van der Waals surface area contributed by atoms with Crippen LogP contribution in [-0.4, -0.2) is 39.8 Å². The summed E-state index contributed by atoms with van der Waals surface area (Å²) < 4.78 is 30.9. The Hall–Kier alpha value is -1.47. The lowest BCUT2D eigenvalue weighted by Crippen LogP contribution is -2.50. The molecule has 0 radical (unpaired) electrons. The molecule has 0 unspecified atom stereocenters. The number of nitrogens with one attached hydrogen (secondary N) is 1. The topological polar surface area (TPSA) is 75.7 Å². The van der Waals surface area contributed by atoms with E-state index in [1.54, 1.807) is 12.1 Å². The summed E-state index contributed by atoms with van der Waals surface area (Å²) >= 11 is 5.93. The number of rotatable bonds is 6. The molecule has 6 nitrogen and oxygen atoms in total. The number of carbonyl (C=O) groups excluding carboxylic acids is 1. The lowest BCUT2D eigenvalue weighted by Gasteiger charge is -2.34. The van der Waals surface area contributed by atoms with Crippen LogP contribution in [0.2, 0.25) is 5.02 Å². The Morgan fingerprint density at radius 1 is 1.43 bits per heavy atom. The van der Waals surface area contributed by atoms with Crippen LogP contribution in [0.1, 0.15) is 26.2 Å². The van der Waals surface area contributed by atoms with Gasteiger partial charge in [0.25, 0.3) is 5.91 Å². The molecule has 1 aliphatic heterocycles. The predicted octanol–water partition coefficient (Wildman–Crippen LogP) is 2.17. The maximum atomic E-state index is 12.2. The molecule has 8 heteroatoms. The highest BCUT2D eigenvalue weighted by Gasteiger charge is 2.34. The van der Waals surface area contributed by atoms with Crippen LogP contribution in [0.5, 0.6) is 5.75 Å². The number of carbonyl (C=O) groups is 1. The number of amides is 1. The molecular weight excluding hydrogens is 340 g/mol. The first-order valence-electron chi connectivity index (χ1n) is 7.54. The number of unbranched alkanes of at least 4 members (excludes halogenated alkanes) is 2. The van der Waals surface area contributed by atoms with Crippen LogP contribution >= 0.6 is 11.6 Å². The third kappa shape index (κ3) is 4.51. The number of ether oxygens (including phenoxy) is 1. The largest absolute Gasteiger partial charge is 0.476 e. The molecule has 1 atom stereocenters. The summed E-state index contributed by atoms with van der Waals surface area (Å²) in [6.45, 7) is 2.57. The van der Waals surface area contributed by atoms with Crippen molar-refractivity contribution in [2.75, 3.05) is 23.7 Å². The highest BCUT2D eigenvalue weighted by molar-refractivity contribution is 7.92. The van der Waals surface area contributed by atoms with Crippen molar-refractivity contribution in [3.05, 3.63) is 23.2 Å². The van der Waals surface area contributed by atoms with Gasteiger partial charge in [-0.15, -0.1) is 0 Å². The molecule has 0 saturated heterocycles. The van der Waals surface area contributed by atoms with Gasteiger partial charge in [-0.3, -0.25) is 9.10 Å². The van der Waals surface area contributed by atoms with Crippen LogP contribution in [0.4, 0.5) is 5.69 Å². The molecule has 1 aromatic carbocycles. The van der Waals surface area contributed by atoms with Gasteiger partial charge in [0.15, 0.2) is 6.10 Å². The Kier molecular flexibility index (Phi) is 5.75. The molecule has 0 fully saturated rings. The molecule has 2 rings (SSSR count). The molecule has 1 heterocycles. The number of hydrogen-bond acceptors (Lipinski definition) is 4. The minimum absolute atomic E-state index is 0.0637. The van der Waals surface area contributed by atoms with Crippen LogP contribution < -0.4 is 14.4 Å². The van der Waals surface area contributed by atoms with Gasteiger partial charge in [0.2, 0.25) is 10.0 Å². The summed E-state index contributed by atoms with van der Waals surface area (Å²) in [5.41, 5.74) is 0.357. The van der Waals surface area contributed by atoms with E-state index in [2.05, 4.69) is 12.2 Å². The second-order valence-corrected chi connectivity index (χ2v) is 7.85. The smallest absolute Gasteiger partial charge is 0.263 e. The predicted molar refractivity (Wildman–Crippen MR) is 90.6 cm³/mol. The number of benzene rings is 1. The van der Waals surface area contributed by atoms with Gasteiger partial charge in [0.05, 0.1) is 18.5 Å². The molecule has 0 spiro atoms. The summed E-state index contributed by atoms with van der Waals surface area (Å²) in [6.07, 6.45) is 3.20. The van der Waals surface area contributed by atoms with Gasteiger partial charge in [-0.25, -0.2) is 8.42 Å². The van der Waals surface area contributed by atoms with E-state index in [0.717, 1.165) is 29.8 Å². The molecule has 0 aromatic heterocycles. The third-order valence-electron chi connectivity index (χ3n) is 3.56. The van der Waals surface area contributed by atoms with Gasteiger partial charge in [-0.2, -0.15) is 0 Å². The molecule has 0 aliphatic carbocycles. The van der Waals surface area contributed by atoms with Gasteiger partial charge in [-0.05, 0) is 24.6 Å². The van der Waals surface area contributed by atoms with Gasteiger partial charge < -0.3 is 10.1 Å². The summed E-state index contributed by atoms with van der Waals surface area (Å²) in [5.74, 6) is 0.0233. The zero-order chi connectivity index (χ0) is 17.0. The molecule has 1 N–H and O–H groups in total. The average molecular weight is 361 g/mol. The van der Waals surface area contributed by atoms with Crippen molar-refractivity contribution in [3.8, 4) is 5.75 Å². The Morgan fingerprint density at radius 2 is 2.17 bits per heavy atom. The standard InChI is InChI=1S/C15H21ClN2O4S/c1-3-4-5-8-17-15(19)14-10-18(23(2,20)21)12-9-11(16)6-7-13(12)22-14/h6-7,9,14H,3-5,8,10H2,1-2H3,(H,17,19)/t14-/m1/s1. The highest BCUT2D eigenvalue weighted by Crippen LogP contribution is 2.37. The number of anilines is 1. The van der Waals surface area contributed by atoms with E-state index < -0.39 is 16.1 Å². The Morgan fingerprint density at radius 3 is 2.83 bits per heavy atom. The molecule has 0 bridgehead atoms. The molecule has 23 heavy (non-hydrogen) atoms. The Bertz CT molecular complexity index is 678. The van der Waals surface area contributed by atoms with E-state index in [0.29, 0.717) is 23.0 Å². The number of hydrogen-bond donors (Lipinski definition) is 1. The fourth-order valence-corrected chi connectivity index (χ4v) is 3.45. The first kappa shape index (κ1) is 17.9. The summed E-state index contributed by atoms with van der Waals surface area (Å²) in [7, 11) is -3.54. The van der Waals surface area contributed by atoms with Crippen molar-refractivity contribution in [3.63, 3.8) is 0 Å². The number of halogens is 1. The van der Waals surface area contributed by atoms with Crippen molar-refractivity contribution >= 4 is 33.2 Å². The van der Waals surface area contributed by atoms with E-state index in [4.69, 9.17) is 16.3 Å². The molecule has 0 saturated carbocycles. The molecular formula is C15H21ClN2O4S. The average Bonchev–Trinajstić information content (AvgIpc) is 2.49. The van der Waals surface area contributed by atoms with E-state index in [-0.39, 0.29) is 12.5 Å². The van der Waals surface area contributed by atoms with Crippen molar-refractivity contribution in [1.29, 1.82) is 0 Å². The quantitative estimate of drug-likeness (QED) is 0.789. The zero-order valence-corrected chi connectivity index (χ0v) is 14.8.